The van der Waals surface area contributed by atoms with Gasteiger partial charge in [0.15, 0.2) is 0 Å². The van der Waals surface area contributed by atoms with Crippen LogP contribution in [-0.2, 0) is 6.61 Å². The van der Waals surface area contributed by atoms with Crippen molar-refractivity contribution in [3.05, 3.63) is 48.3 Å². The maximum absolute atomic E-state index is 11.1. The van der Waals surface area contributed by atoms with Crippen molar-refractivity contribution in [3.63, 3.8) is 0 Å². The summed E-state index contributed by atoms with van der Waals surface area (Å²) in [6, 6.07) is 10.8. The predicted octanol–water partition coefficient (Wildman–Crippen LogP) is 2.32. The Bertz CT molecular complexity index is 786. The second-order valence-corrected chi connectivity index (χ2v) is 7.52. The first-order chi connectivity index (χ1) is 14.2. The second-order valence-electron chi connectivity index (χ2n) is 7.52. The Balaban J connectivity index is 1.24. The zero-order chi connectivity index (χ0) is 20.1. The fraction of sp³-hybridized carbons (Fsp3) is 0.476. The molecule has 0 bridgehead atoms. The number of piperazine rings is 1. The van der Waals surface area contributed by atoms with Crippen molar-refractivity contribution < 1.29 is 14.6 Å². The summed E-state index contributed by atoms with van der Waals surface area (Å²) in [5.74, 6) is 0. The minimum Gasteiger partial charge on any atom is -0.465 e. The van der Waals surface area contributed by atoms with Gasteiger partial charge in [-0.2, -0.15) is 0 Å². The highest BCUT2D eigenvalue weighted by Gasteiger charge is 2.29. The Morgan fingerprint density at radius 2 is 1.66 bits per heavy atom. The lowest BCUT2D eigenvalue weighted by Gasteiger charge is -2.42. The number of carbonyl (C=O) groups is 1. The molecule has 0 saturated carbocycles. The van der Waals surface area contributed by atoms with E-state index in [1.807, 2.05) is 42.7 Å². The van der Waals surface area contributed by atoms with Crippen LogP contribution >= 0.6 is 0 Å². The van der Waals surface area contributed by atoms with Gasteiger partial charge in [0.05, 0.1) is 18.1 Å². The summed E-state index contributed by atoms with van der Waals surface area (Å²) in [4.78, 5) is 26.1. The number of nitrogens with zero attached hydrogens (tertiary/aromatic N) is 5. The molecule has 1 aromatic carbocycles. The number of likely N-dealkylation sites (tertiary alicyclic amines) is 1. The summed E-state index contributed by atoms with van der Waals surface area (Å²) in [5.41, 5.74) is 2.10. The molecule has 0 aliphatic carbocycles. The van der Waals surface area contributed by atoms with E-state index in [0.717, 1.165) is 50.3 Å². The lowest BCUT2D eigenvalue weighted by atomic mass is 10.0. The van der Waals surface area contributed by atoms with Gasteiger partial charge in [0, 0.05) is 45.3 Å². The van der Waals surface area contributed by atoms with Crippen LogP contribution in [0.1, 0.15) is 18.4 Å². The van der Waals surface area contributed by atoms with E-state index in [0.29, 0.717) is 31.7 Å². The number of rotatable bonds is 5. The minimum absolute atomic E-state index is 0.390. The molecule has 0 atom stereocenters. The van der Waals surface area contributed by atoms with E-state index >= 15 is 0 Å². The van der Waals surface area contributed by atoms with Crippen molar-refractivity contribution in [2.24, 2.45) is 0 Å². The van der Waals surface area contributed by atoms with E-state index in [-0.39, 0.29) is 0 Å². The number of hydrogen-bond donors (Lipinski definition) is 1. The third-order valence-electron chi connectivity index (χ3n) is 5.76. The van der Waals surface area contributed by atoms with Gasteiger partial charge in [0.1, 0.15) is 6.61 Å². The summed E-state index contributed by atoms with van der Waals surface area (Å²) in [5, 5.41) is 9.09. The molecule has 1 aromatic heterocycles. The minimum atomic E-state index is -0.801. The number of anilines is 1. The molecule has 3 heterocycles. The SMILES string of the molecule is O=C(O)N1CCC(N2CCN(c3cnc(OCc4ccccc4)nc3)CC2)CC1. The highest BCUT2D eigenvalue weighted by atomic mass is 16.5. The molecule has 1 amide bonds. The van der Waals surface area contributed by atoms with Gasteiger partial charge in [-0.05, 0) is 18.4 Å². The maximum atomic E-state index is 11.1. The Morgan fingerprint density at radius 3 is 2.28 bits per heavy atom. The molecule has 0 radical (unpaired) electrons. The van der Waals surface area contributed by atoms with Crippen LogP contribution < -0.4 is 9.64 Å². The van der Waals surface area contributed by atoms with Gasteiger partial charge in [0.25, 0.3) is 0 Å². The number of benzene rings is 1. The Hall–Kier alpha value is -2.87. The van der Waals surface area contributed by atoms with Crippen LogP contribution in [0.15, 0.2) is 42.7 Å². The van der Waals surface area contributed by atoms with E-state index in [1.54, 1.807) is 0 Å². The summed E-state index contributed by atoms with van der Waals surface area (Å²) in [6.07, 6.45) is 4.69. The van der Waals surface area contributed by atoms with Crippen LogP contribution in [0, 0.1) is 0 Å². The van der Waals surface area contributed by atoms with Gasteiger partial charge < -0.3 is 19.6 Å². The zero-order valence-corrected chi connectivity index (χ0v) is 16.5. The highest BCUT2D eigenvalue weighted by molar-refractivity contribution is 5.65. The average Bonchev–Trinajstić information content (AvgIpc) is 2.79. The molecular weight excluding hydrogens is 370 g/mol. The Labute approximate surface area is 170 Å². The van der Waals surface area contributed by atoms with Crippen molar-refractivity contribution in [1.29, 1.82) is 0 Å². The number of aromatic nitrogens is 2. The summed E-state index contributed by atoms with van der Waals surface area (Å²) in [6.45, 7) is 5.53. The number of carboxylic acid groups (broad SMARTS) is 1. The first-order valence-corrected chi connectivity index (χ1v) is 10.1. The van der Waals surface area contributed by atoms with Crippen molar-refractivity contribution >= 4 is 11.8 Å². The van der Waals surface area contributed by atoms with Crippen LogP contribution in [-0.4, -0.2) is 76.3 Å². The van der Waals surface area contributed by atoms with E-state index in [9.17, 15) is 4.79 Å². The van der Waals surface area contributed by atoms with Crippen LogP contribution in [0.2, 0.25) is 0 Å². The molecule has 2 aliphatic rings. The quantitative estimate of drug-likeness (QED) is 0.829. The number of piperidine rings is 1. The van der Waals surface area contributed by atoms with Gasteiger partial charge in [0.2, 0.25) is 0 Å². The third-order valence-corrected chi connectivity index (χ3v) is 5.76. The molecule has 8 heteroatoms. The third kappa shape index (κ3) is 4.95. The topological polar surface area (TPSA) is 82.0 Å². The van der Waals surface area contributed by atoms with E-state index < -0.39 is 6.09 Å². The van der Waals surface area contributed by atoms with Crippen LogP contribution in [0.3, 0.4) is 0 Å². The Morgan fingerprint density at radius 1 is 1.00 bits per heavy atom. The molecule has 29 heavy (non-hydrogen) atoms. The normalized spacial score (nSPS) is 18.6. The average molecular weight is 397 g/mol. The summed E-state index contributed by atoms with van der Waals surface area (Å²) in [7, 11) is 0. The van der Waals surface area contributed by atoms with E-state index in [4.69, 9.17) is 9.84 Å². The molecule has 0 spiro atoms. The monoisotopic (exact) mass is 397 g/mol. The fourth-order valence-electron chi connectivity index (χ4n) is 4.04. The molecule has 4 rings (SSSR count). The largest absolute Gasteiger partial charge is 0.465 e. The van der Waals surface area contributed by atoms with Gasteiger partial charge in [-0.15, -0.1) is 0 Å². The highest BCUT2D eigenvalue weighted by Crippen LogP contribution is 2.21. The lowest BCUT2D eigenvalue weighted by molar-refractivity contribution is 0.0919. The van der Waals surface area contributed by atoms with E-state index in [2.05, 4.69) is 19.8 Å². The predicted molar refractivity (Wildman–Crippen MR) is 109 cm³/mol. The molecule has 0 unspecified atom stereocenters. The Kier molecular flexibility index (Phi) is 6.09. The van der Waals surface area contributed by atoms with Gasteiger partial charge in [-0.25, -0.2) is 14.8 Å². The van der Waals surface area contributed by atoms with Crippen molar-refractivity contribution in [2.75, 3.05) is 44.2 Å². The lowest BCUT2D eigenvalue weighted by Crippen LogP contribution is -2.53. The van der Waals surface area contributed by atoms with Crippen LogP contribution in [0.5, 0.6) is 6.01 Å². The van der Waals surface area contributed by atoms with E-state index in [1.165, 1.54) is 4.90 Å². The van der Waals surface area contributed by atoms with Crippen LogP contribution in [0.4, 0.5) is 10.5 Å². The fourth-order valence-corrected chi connectivity index (χ4v) is 4.04. The summed E-state index contributed by atoms with van der Waals surface area (Å²) < 4.78 is 5.66. The molecular formula is C21H27N5O3. The first kappa shape index (κ1) is 19.4. The zero-order valence-electron chi connectivity index (χ0n) is 16.5. The molecule has 2 saturated heterocycles. The number of amides is 1. The molecule has 2 aromatic rings. The number of ether oxygens (including phenoxy) is 1. The van der Waals surface area contributed by atoms with Crippen LogP contribution in [0.25, 0.3) is 0 Å². The smallest absolute Gasteiger partial charge is 0.407 e. The van der Waals surface area contributed by atoms with Gasteiger partial charge in [-0.3, -0.25) is 4.90 Å². The van der Waals surface area contributed by atoms with Crippen molar-refractivity contribution in [3.8, 4) is 6.01 Å². The van der Waals surface area contributed by atoms with Gasteiger partial charge in [-0.1, -0.05) is 30.3 Å². The summed E-state index contributed by atoms with van der Waals surface area (Å²) >= 11 is 0. The maximum Gasteiger partial charge on any atom is 0.407 e. The molecule has 2 fully saturated rings. The molecule has 154 valence electrons. The van der Waals surface area contributed by atoms with Crippen molar-refractivity contribution in [1.82, 2.24) is 19.8 Å². The standard InChI is InChI=1S/C21H27N5O3/c27-21(28)26-8-6-18(7-9-26)24-10-12-25(13-11-24)19-14-22-20(23-15-19)29-16-17-4-2-1-3-5-17/h1-5,14-15,18H,6-13,16H2,(H,27,28). The van der Waals surface area contributed by atoms with Gasteiger partial charge >= 0.3 is 12.1 Å². The number of hydrogen-bond acceptors (Lipinski definition) is 6. The second kappa shape index (κ2) is 9.09. The molecule has 2 aliphatic heterocycles. The molecule has 8 nitrogen and oxygen atoms in total. The molecule has 1 N–H and O–H groups in total. The van der Waals surface area contributed by atoms with Crippen molar-refractivity contribution in [2.45, 2.75) is 25.5 Å². The first-order valence-electron chi connectivity index (χ1n) is 10.1.